The molecule has 1 aromatic rings. The van der Waals surface area contributed by atoms with E-state index in [1.807, 2.05) is 6.92 Å². The molecule has 0 bridgehead atoms. The molecule has 1 atom stereocenters. The van der Waals surface area contributed by atoms with Crippen molar-refractivity contribution in [3.63, 3.8) is 0 Å². The fourth-order valence-electron chi connectivity index (χ4n) is 1.90. The molecular formula is C12H20N4O. The number of rotatable bonds is 4. The third-order valence-electron chi connectivity index (χ3n) is 2.97. The van der Waals surface area contributed by atoms with Crippen LogP contribution in [0.2, 0.25) is 0 Å². The molecule has 0 amide bonds. The van der Waals surface area contributed by atoms with Crippen LogP contribution >= 0.6 is 0 Å². The minimum absolute atomic E-state index is 0.345. The van der Waals surface area contributed by atoms with Gasteiger partial charge in [-0.1, -0.05) is 6.92 Å². The quantitative estimate of drug-likeness (QED) is 0.829. The van der Waals surface area contributed by atoms with Gasteiger partial charge >= 0.3 is 0 Å². The summed E-state index contributed by atoms with van der Waals surface area (Å²) in [6.07, 6.45) is 2.90. The zero-order valence-electron chi connectivity index (χ0n) is 10.5. The highest BCUT2D eigenvalue weighted by Gasteiger charge is 2.18. The van der Waals surface area contributed by atoms with Crippen molar-refractivity contribution in [1.82, 2.24) is 9.97 Å². The van der Waals surface area contributed by atoms with E-state index in [0.29, 0.717) is 11.9 Å². The second-order valence-corrected chi connectivity index (χ2v) is 4.45. The van der Waals surface area contributed by atoms with Gasteiger partial charge in [-0.05, 0) is 19.8 Å². The average Bonchev–Trinajstić information content (AvgIpc) is 2.78. The lowest BCUT2D eigenvalue weighted by molar-refractivity contribution is 0.195. The normalized spacial score (nSPS) is 19.5. The van der Waals surface area contributed by atoms with Crippen LogP contribution in [0.4, 0.5) is 11.6 Å². The monoisotopic (exact) mass is 236 g/mol. The van der Waals surface area contributed by atoms with Crippen LogP contribution in [0.1, 0.15) is 31.2 Å². The highest BCUT2D eigenvalue weighted by molar-refractivity contribution is 5.55. The number of aromatic nitrogens is 2. The molecule has 2 heterocycles. The van der Waals surface area contributed by atoms with Crippen LogP contribution in [0, 0.1) is 6.92 Å². The zero-order valence-corrected chi connectivity index (χ0v) is 10.5. The van der Waals surface area contributed by atoms with Gasteiger partial charge in [0.25, 0.3) is 0 Å². The molecule has 5 nitrogen and oxygen atoms in total. The summed E-state index contributed by atoms with van der Waals surface area (Å²) < 4.78 is 5.34. The van der Waals surface area contributed by atoms with E-state index in [-0.39, 0.29) is 0 Å². The number of hydrogen-bond donors (Lipinski definition) is 2. The Balaban J connectivity index is 2.18. The molecule has 0 spiro atoms. The van der Waals surface area contributed by atoms with E-state index in [1.165, 1.54) is 0 Å². The predicted molar refractivity (Wildman–Crippen MR) is 68.0 cm³/mol. The van der Waals surface area contributed by atoms with Crippen LogP contribution < -0.4 is 11.1 Å². The minimum Gasteiger partial charge on any atom is -0.383 e. The Hall–Kier alpha value is -1.36. The Kier molecular flexibility index (Phi) is 3.78. The average molecular weight is 236 g/mol. The molecule has 0 radical (unpaired) electrons. The third-order valence-corrected chi connectivity index (χ3v) is 2.97. The van der Waals surface area contributed by atoms with E-state index in [2.05, 4.69) is 22.2 Å². The molecule has 1 fully saturated rings. The van der Waals surface area contributed by atoms with Gasteiger partial charge in [0, 0.05) is 18.6 Å². The smallest absolute Gasteiger partial charge is 0.135 e. The zero-order chi connectivity index (χ0) is 12.3. The second kappa shape index (κ2) is 5.31. The second-order valence-electron chi connectivity index (χ2n) is 4.45. The van der Waals surface area contributed by atoms with E-state index in [4.69, 9.17) is 10.5 Å². The number of ether oxygens (including phenoxy) is 1. The van der Waals surface area contributed by atoms with Gasteiger partial charge in [0.05, 0.1) is 12.6 Å². The Morgan fingerprint density at radius 2 is 2.29 bits per heavy atom. The molecule has 1 aromatic heterocycles. The topological polar surface area (TPSA) is 73.1 Å². The van der Waals surface area contributed by atoms with Gasteiger partial charge < -0.3 is 15.8 Å². The predicted octanol–water partition coefficient (Wildman–Crippen LogP) is 1.52. The number of anilines is 2. The van der Waals surface area contributed by atoms with Gasteiger partial charge in [-0.15, -0.1) is 0 Å². The van der Waals surface area contributed by atoms with Crippen LogP contribution in [0.5, 0.6) is 0 Å². The van der Waals surface area contributed by atoms with Gasteiger partial charge in [0.1, 0.15) is 17.5 Å². The van der Waals surface area contributed by atoms with Crippen molar-refractivity contribution in [2.45, 2.75) is 39.2 Å². The Morgan fingerprint density at radius 1 is 1.47 bits per heavy atom. The fourth-order valence-corrected chi connectivity index (χ4v) is 1.90. The SMILES string of the molecule is CCCc1nc(N)c(C)c(NC2CCOC2)n1. The fraction of sp³-hybridized carbons (Fsp3) is 0.667. The summed E-state index contributed by atoms with van der Waals surface area (Å²) in [6, 6.07) is 0.345. The first-order chi connectivity index (χ1) is 8.20. The first-order valence-electron chi connectivity index (χ1n) is 6.18. The van der Waals surface area contributed by atoms with Crippen molar-refractivity contribution in [3.05, 3.63) is 11.4 Å². The summed E-state index contributed by atoms with van der Waals surface area (Å²) in [6.45, 7) is 5.62. The largest absolute Gasteiger partial charge is 0.383 e. The van der Waals surface area contributed by atoms with Gasteiger partial charge in [-0.2, -0.15) is 0 Å². The van der Waals surface area contributed by atoms with Crippen LogP contribution in [0.15, 0.2) is 0 Å². The number of nitrogens with one attached hydrogen (secondary N) is 1. The molecule has 1 unspecified atom stereocenters. The van der Waals surface area contributed by atoms with Crippen LogP contribution in [0.3, 0.4) is 0 Å². The van der Waals surface area contributed by atoms with Crippen molar-refractivity contribution in [3.8, 4) is 0 Å². The van der Waals surface area contributed by atoms with Crippen molar-refractivity contribution < 1.29 is 4.74 Å². The molecule has 1 aliphatic heterocycles. The van der Waals surface area contributed by atoms with Crippen molar-refractivity contribution in [2.75, 3.05) is 24.3 Å². The molecule has 0 aromatic carbocycles. The molecule has 1 aliphatic rings. The highest BCUT2D eigenvalue weighted by atomic mass is 16.5. The van der Waals surface area contributed by atoms with Crippen molar-refractivity contribution in [1.29, 1.82) is 0 Å². The number of nitrogens with two attached hydrogens (primary N) is 1. The number of nitrogen functional groups attached to an aromatic ring is 1. The maximum absolute atomic E-state index is 5.90. The van der Waals surface area contributed by atoms with Crippen LogP contribution in [-0.2, 0) is 11.2 Å². The molecule has 3 N–H and O–H groups in total. The maximum atomic E-state index is 5.90. The summed E-state index contributed by atoms with van der Waals surface area (Å²) >= 11 is 0. The lowest BCUT2D eigenvalue weighted by Gasteiger charge is -2.15. The van der Waals surface area contributed by atoms with E-state index in [0.717, 1.165) is 49.7 Å². The maximum Gasteiger partial charge on any atom is 0.135 e. The van der Waals surface area contributed by atoms with Gasteiger partial charge in [0.2, 0.25) is 0 Å². The molecule has 2 rings (SSSR count). The van der Waals surface area contributed by atoms with Gasteiger partial charge in [0.15, 0.2) is 0 Å². The standard InChI is InChI=1S/C12H20N4O/c1-3-4-10-15-11(13)8(2)12(16-10)14-9-5-6-17-7-9/h9H,3-7H2,1-2H3,(H3,13,14,15,16). The molecule has 17 heavy (non-hydrogen) atoms. The number of nitrogens with zero attached hydrogens (tertiary/aromatic N) is 2. The van der Waals surface area contributed by atoms with E-state index >= 15 is 0 Å². The summed E-state index contributed by atoms with van der Waals surface area (Å²) in [5.41, 5.74) is 6.83. The lowest BCUT2D eigenvalue weighted by Crippen LogP contribution is -2.21. The molecule has 1 saturated heterocycles. The summed E-state index contributed by atoms with van der Waals surface area (Å²) in [5.74, 6) is 2.25. The van der Waals surface area contributed by atoms with Crippen LogP contribution in [0.25, 0.3) is 0 Å². The number of aryl methyl sites for hydroxylation is 1. The molecule has 94 valence electrons. The van der Waals surface area contributed by atoms with Crippen molar-refractivity contribution in [2.24, 2.45) is 0 Å². The summed E-state index contributed by atoms with van der Waals surface area (Å²) in [7, 11) is 0. The highest BCUT2D eigenvalue weighted by Crippen LogP contribution is 2.20. The Morgan fingerprint density at radius 3 is 2.94 bits per heavy atom. The van der Waals surface area contributed by atoms with E-state index in [9.17, 15) is 0 Å². The van der Waals surface area contributed by atoms with Crippen LogP contribution in [-0.4, -0.2) is 29.2 Å². The molecular weight excluding hydrogens is 216 g/mol. The first-order valence-corrected chi connectivity index (χ1v) is 6.18. The summed E-state index contributed by atoms with van der Waals surface area (Å²) in [4.78, 5) is 8.82. The molecule has 0 aliphatic carbocycles. The van der Waals surface area contributed by atoms with Gasteiger partial charge in [-0.3, -0.25) is 0 Å². The third kappa shape index (κ3) is 2.85. The lowest BCUT2D eigenvalue weighted by atomic mass is 10.2. The van der Waals surface area contributed by atoms with Gasteiger partial charge in [-0.25, -0.2) is 9.97 Å². The van der Waals surface area contributed by atoms with E-state index in [1.54, 1.807) is 0 Å². The van der Waals surface area contributed by atoms with Crippen molar-refractivity contribution >= 4 is 11.6 Å². The minimum atomic E-state index is 0.345. The first kappa shape index (κ1) is 12.1. The Bertz CT molecular complexity index is 388. The summed E-state index contributed by atoms with van der Waals surface area (Å²) in [5, 5.41) is 3.39. The molecule has 5 heteroatoms. The van der Waals surface area contributed by atoms with E-state index < -0.39 is 0 Å². The molecule has 0 saturated carbocycles. The Labute approximate surface area is 102 Å². The number of hydrogen-bond acceptors (Lipinski definition) is 5.